The Kier molecular flexibility index (Phi) is 4.92. The summed E-state index contributed by atoms with van der Waals surface area (Å²) >= 11 is 0. The van der Waals surface area contributed by atoms with Crippen LogP contribution in [0.2, 0.25) is 0 Å². The first-order valence-corrected chi connectivity index (χ1v) is 7.26. The largest absolute Gasteiger partial charge is 0.481 e. The topological polar surface area (TPSA) is 114 Å². The summed E-state index contributed by atoms with van der Waals surface area (Å²) in [6, 6.07) is 0. The van der Waals surface area contributed by atoms with Crippen molar-refractivity contribution < 1.29 is 14.7 Å². The average molecular weight is 307 g/mol. The lowest BCUT2D eigenvalue weighted by Crippen LogP contribution is -2.49. The zero-order valence-electron chi connectivity index (χ0n) is 12.4. The van der Waals surface area contributed by atoms with Gasteiger partial charge in [0.05, 0.1) is 18.2 Å². The molecule has 0 unspecified atom stereocenters. The van der Waals surface area contributed by atoms with Gasteiger partial charge in [-0.3, -0.25) is 14.3 Å². The van der Waals surface area contributed by atoms with Crippen LogP contribution in [0.25, 0.3) is 0 Å². The average Bonchev–Trinajstić information content (AvgIpc) is 2.96. The van der Waals surface area contributed by atoms with E-state index < -0.39 is 11.4 Å². The van der Waals surface area contributed by atoms with E-state index in [1.54, 1.807) is 12.3 Å². The second-order valence-electron chi connectivity index (χ2n) is 5.56. The molecule has 1 aliphatic heterocycles. The van der Waals surface area contributed by atoms with E-state index in [9.17, 15) is 14.7 Å². The van der Waals surface area contributed by atoms with Gasteiger partial charge in [-0.25, -0.2) is 0 Å². The van der Waals surface area contributed by atoms with Crippen molar-refractivity contribution in [1.29, 1.82) is 0 Å². The Balaban J connectivity index is 2.15. The van der Waals surface area contributed by atoms with Crippen molar-refractivity contribution in [3.63, 3.8) is 0 Å². The third-order valence-corrected chi connectivity index (χ3v) is 3.97. The summed E-state index contributed by atoms with van der Waals surface area (Å²) in [6.45, 7) is 5.20. The summed E-state index contributed by atoms with van der Waals surface area (Å²) in [5.41, 5.74) is 4.69. The number of carboxylic acids is 1. The molecule has 1 atom stereocenters. The molecule has 3 N–H and O–H groups in total. The molecule has 8 heteroatoms. The molecule has 1 fully saturated rings. The minimum Gasteiger partial charge on any atom is -0.481 e. The molecule has 120 valence electrons. The zero-order chi connectivity index (χ0) is 16.2. The predicted molar refractivity (Wildman–Crippen MR) is 79.1 cm³/mol. The molecule has 2 rings (SSSR count). The van der Waals surface area contributed by atoms with E-state index >= 15 is 0 Å². The van der Waals surface area contributed by atoms with Crippen LogP contribution < -0.4 is 5.73 Å². The van der Waals surface area contributed by atoms with Crippen LogP contribution in [0.15, 0.2) is 18.9 Å². The van der Waals surface area contributed by atoms with Crippen LogP contribution in [0, 0.1) is 5.41 Å². The molecule has 0 bridgehead atoms. The number of nitrogens with zero attached hydrogens (tertiary/aromatic N) is 4. The number of hydrogen-bond donors (Lipinski definition) is 2. The number of carbonyl (C=O) groups excluding carboxylic acids is 1. The Labute approximate surface area is 128 Å². The highest BCUT2D eigenvalue weighted by molar-refractivity contribution is 5.92. The fourth-order valence-electron chi connectivity index (χ4n) is 2.81. The quantitative estimate of drug-likeness (QED) is 0.721. The minimum absolute atomic E-state index is 0.164. The molecule has 2 heterocycles. The third-order valence-electron chi connectivity index (χ3n) is 3.97. The maximum Gasteiger partial charge on any atom is 0.311 e. The van der Waals surface area contributed by atoms with Crippen LogP contribution in [0.4, 0.5) is 0 Å². The highest BCUT2D eigenvalue weighted by Gasteiger charge is 2.43. The Morgan fingerprint density at radius 3 is 2.95 bits per heavy atom. The molecule has 1 aromatic rings. The first-order chi connectivity index (χ1) is 10.5. The molecular formula is C14H21N5O3. The van der Waals surface area contributed by atoms with Crippen molar-refractivity contribution in [2.75, 3.05) is 19.6 Å². The fraction of sp³-hybridized carbons (Fsp3) is 0.571. The second kappa shape index (κ2) is 6.69. The smallest absolute Gasteiger partial charge is 0.311 e. The monoisotopic (exact) mass is 307 g/mol. The van der Waals surface area contributed by atoms with E-state index in [4.69, 9.17) is 5.73 Å². The summed E-state index contributed by atoms with van der Waals surface area (Å²) in [4.78, 5) is 25.7. The molecule has 1 saturated heterocycles. The van der Waals surface area contributed by atoms with E-state index in [2.05, 4.69) is 16.9 Å². The number of carboxylic acid groups (broad SMARTS) is 1. The highest BCUT2D eigenvalue weighted by Crippen LogP contribution is 2.34. The summed E-state index contributed by atoms with van der Waals surface area (Å²) < 4.78 is 1.51. The molecule has 0 saturated carbocycles. The highest BCUT2D eigenvalue weighted by atomic mass is 16.4. The Bertz CT molecular complexity index is 571. The predicted octanol–water partition coefficient (Wildman–Crippen LogP) is 0.120. The maximum absolute atomic E-state index is 12.5. The van der Waals surface area contributed by atoms with Crippen molar-refractivity contribution in [1.82, 2.24) is 19.9 Å². The number of carbonyl (C=O) groups is 2. The van der Waals surface area contributed by atoms with Crippen LogP contribution >= 0.6 is 0 Å². The lowest BCUT2D eigenvalue weighted by atomic mass is 9.77. The van der Waals surface area contributed by atoms with E-state index in [0.29, 0.717) is 38.9 Å². The van der Waals surface area contributed by atoms with Gasteiger partial charge in [-0.05, 0) is 19.3 Å². The number of piperidine rings is 1. The third kappa shape index (κ3) is 3.16. The molecule has 1 amide bonds. The standard InChI is InChI=1S/C14H21N5O3/c1-2-4-14(13(21)22)5-3-7-18(10-14)12(20)11-9-19(8-6-15)17-16-11/h2,9H,1,3-8,10,15H2,(H,21,22)/t14-/m1/s1. The number of allylic oxidation sites excluding steroid dienone is 1. The lowest BCUT2D eigenvalue weighted by molar-refractivity contribution is -0.151. The van der Waals surface area contributed by atoms with Gasteiger partial charge >= 0.3 is 5.97 Å². The molecule has 0 aliphatic carbocycles. The number of nitrogens with two attached hydrogens (primary N) is 1. The maximum atomic E-state index is 12.5. The number of rotatable bonds is 6. The van der Waals surface area contributed by atoms with Crippen LogP contribution in [-0.4, -0.2) is 56.5 Å². The van der Waals surface area contributed by atoms with Gasteiger partial charge in [0.15, 0.2) is 5.69 Å². The first kappa shape index (κ1) is 16.2. The Morgan fingerprint density at radius 1 is 1.55 bits per heavy atom. The van der Waals surface area contributed by atoms with E-state index in [-0.39, 0.29) is 18.1 Å². The van der Waals surface area contributed by atoms with Gasteiger partial charge in [0.2, 0.25) is 0 Å². The van der Waals surface area contributed by atoms with Gasteiger partial charge in [-0.1, -0.05) is 11.3 Å². The van der Waals surface area contributed by atoms with Gasteiger partial charge in [-0.15, -0.1) is 11.7 Å². The van der Waals surface area contributed by atoms with Crippen LogP contribution in [0.5, 0.6) is 0 Å². The molecule has 1 aromatic heterocycles. The SMILES string of the molecule is C=CC[C@@]1(C(=O)O)CCCN(C(=O)c2cn(CCN)nn2)C1. The summed E-state index contributed by atoms with van der Waals surface area (Å²) in [6.07, 6.45) is 4.66. The van der Waals surface area contributed by atoms with Crippen LogP contribution in [-0.2, 0) is 11.3 Å². The van der Waals surface area contributed by atoms with E-state index in [1.165, 1.54) is 9.58 Å². The fourth-order valence-corrected chi connectivity index (χ4v) is 2.81. The van der Waals surface area contributed by atoms with Gasteiger partial charge in [-0.2, -0.15) is 0 Å². The molecular weight excluding hydrogens is 286 g/mol. The summed E-state index contributed by atoms with van der Waals surface area (Å²) in [5.74, 6) is -1.19. The number of aromatic nitrogens is 3. The summed E-state index contributed by atoms with van der Waals surface area (Å²) in [7, 11) is 0. The number of aliphatic carboxylic acids is 1. The summed E-state index contributed by atoms with van der Waals surface area (Å²) in [5, 5.41) is 17.2. The molecule has 0 spiro atoms. The van der Waals surface area contributed by atoms with Crippen molar-refractivity contribution in [2.24, 2.45) is 11.1 Å². The second-order valence-corrected chi connectivity index (χ2v) is 5.56. The Morgan fingerprint density at radius 2 is 2.32 bits per heavy atom. The minimum atomic E-state index is -0.955. The van der Waals surface area contributed by atoms with Crippen LogP contribution in [0.1, 0.15) is 29.8 Å². The molecule has 8 nitrogen and oxygen atoms in total. The van der Waals surface area contributed by atoms with Gasteiger partial charge < -0.3 is 15.7 Å². The zero-order valence-corrected chi connectivity index (χ0v) is 12.4. The van der Waals surface area contributed by atoms with Gasteiger partial charge in [0.25, 0.3) is 5.91 Å². The van der Waals surface area contributed by atoms with Crippen molar-refractivity contribution in [3.8, 4) is 0 Å². The van der Waals surface area contributed by atoms with Crippen LogP contribution in [0.3, 0.4) is 0 Å². The first-order valence-electron chi connectivity index (χ1n) is 7.26. The molecule has 22 heavy (non-hydrogen) atoms. The molecule has 1 aliphatic rings. The number of amides is 1. The van der Waals surface area contributed by atoms with Crippen molar-refractivity contribution in [2.45, 2.75) is 25.8 Å². The molecule has 0 aromatic carbocycles. The van der Waals surface area contributed by atoms with Gasteiger partial charge in [0.1, 0.15) is 0 Å². The van der Waals surface area contributed by atoms with Crippen molar-refractivity contribution >= 4 is 11.9 Å². The number of likely N-dealkylation sites (tertiary alicyclic amines) is 1. The normalized spacial score (nSPS) is 21.6. The van der Waals surface area contributed by atoms with E-state index in [1.807, 2.05) is 0 Å². The van der Waals surface area contributed by atoms with Gasteiger partial charge in [0, 0.05) is 19.6 Å². The lowest BCUT2D eigenvalue weighted by Gasteiger charge is -2.39. The van der Waals surface area contributed by atoms with E-state index in [0.717, 1.165) is 0 Å². The van der Waals surface area contributed by atoms with Crippen molar-refractivity contribution in [3.05, 3.63) is 24.5 Å². The molecule has 0 radical (unpaired) electrons. The number of hydrogen-bond acceptors (Lipinski definition) is 5. The Hall–Kier alpha value is -2.22.